The number of carbonyl (C=O) groups is 2. The largest absolute Gasteiger partial charge is 0.344 e. The van der Waals surface area contributed by atoms with Crippen LogP contribution in [0.15, 0.2) is 35.4 Å². The van der Waals surface area contributed by atoms with Crippen molar-refractivity contribution in [3.8, 4) is 0 Å². The number of hydrogen-bond donors (Lipinski definition) is 1. The van der Waals surface area contributed by atoms with Crippen LogP contribution in [0.25, 0.3) is 0 Å². The van der Waals surface area contributed by atoms with Gasteiger partial charge in [-0.05, 0) is 26.0 Å². The van der Waals surface area contributed by atoms with Crippen molar-refractivity contribution >= 4 is 44.1 Å². The molecule has 3 rings (SSSR count). The molecule has 1 aromatic carbocycles. The van der Waals surface area contributed by atoms with E-state index in [1.54, 1.807) is 40.2 Å². The molecule has 0 saturated carbocycles. The van der Waals surface area contributed by atoms with E-state index in [0.717, 1.165) is 21.2 Å². The molecule has 0 fully saturated rings. The molecule has 1 N–H and O–H groups in total. The van der Waals surface area contributed by atoms with E-state index in [9.17, 15) is 18.0 Å². The first-order valence-corrected chi connectivity index (χ1v) is 11.8. The van der Waals surface area contributed by atoms with Gasteiger partial charge in [-0.15, -0.1) is 0 Å². The van der Waals surface area contributed by atoms with Crippen molar-refractivity contribution in [2.45, 2.75) is 18.7 Å². The number of anilines is 2. The number of aryl methyl sites for hydroxylation is 3. The molecule has 0 saturated heterocycles. The minimum atomic E-state index is -3.92. The summed E-state index contributed by atoms with van der Waals surface area (Å²) in [5.41, 5.74) is 1.48. The number of benzene rings is 1. The maximum Gasteiger partial charge on any atom is 0.265 e. The van der Waals surface area contributed by atoms with Gasteiger partial charge < -0.3 is 4.90 Å². The smallest absolute Gasteiger partial charge is 0.265 e. The molecule has 12 heteroatoms. The second-order valence-corrected chi connectivity index (χ2v) is 10.3. The number of hydrogen-bond acceptors (Lipinski definition) is 7. The number of thiazole rings is 1. The Hall–Kier alpha value is -3.25. The second-order valence-electron chi connectivity index (χ2n) is 7.38. The predicted molar refractivity (Wildman–Crippen MR) is 123 cm³/mol. The average molecular weight is 477 g/mol. The molecule has 2 heterocycles. The lowest BCUT2D eigenvalue weighted by Crippen LogP contribution is -2.30. The molecule has 0 atom stereocenters. The van der Waals surface area contributed by atoms with Crippen molar-refractivity contribution in [3.63, 3.8) is 0 Å². The summed E-state index contributed by atoms with van der Waals surface area (Å²) in [7, 11) is 2.25. The van der Waals surface area contributed by atoms with Gasteiger partial charge >= 0.3 is 0 Å². The first-order chi connectivity index (χ1) is 14.9. The Morgan fingerprint density at radius 3 is 2.31 bits per heavy atom. The van der Waals surface area contributed by atoms with Crippen LogP contribution in [0.3, 0.4) is 0 Å². The van der Waals surface area contributed by atoms with Crippen LogP contribution in [0.2, 0.25) is 0 Å². The minimum Gasteiger partial charge on any atom is -0.344 e. The normalized spacial score (nSPS) is 11.3. The van der Waals surface area contributed by atoms with E-state index in [1.807, 2.05) is 6.92 Å². The highest BCUT2D eigenvalue weighted by atomic mass is 32.2. The highest BCUT2D eigenvalue weighted by Crippen LogP contribution is 2.28. The van der Waals surface area contributed by atoms with Crippen molar-refractivity contribution < 1.29 is 18.0 Å². The lowest BCUT2D eigenvalue weighted by molar-refractivity contribution is 0.0831. The molecule has 0 radical (unpaired) electrons. The number of aromatic nitrogens is 3. The van der Waals surface area contributed by atoms with E-state index in [1.165, 1.54) is 35.0 Å². The summed E-state index contributed by atoms with van der Waals surface area (Å²) in [6, 6.07) is 6.43. The molecule has 0 unspecified atom stereocenters. The van der Waals surface area contributed by atoms with Gasteiger partial charge in [0.1, 0.15) is 10.4 Å². The van der Waals surface area contributed by atoms with Crippen LogP contribution in [0.1, 0.15) is 31.3 Å². The Morgan fingerprint density at radius 2 is 1.72 bits per heavy atom. The number of nitrogens with zero attached hydrogens (tertiary/aromatic N) is 5. The van der Waals surface area contributed by atoms with Gasteiger partial charge in [0.2, 0.25) is 0 Å². The Balaban J connectivity index is 1.92. The summed E-state index contributed by atoms with van der Waals surface area (Å²) in [5, 5.41) is 6.94. The highest BCUT2D eigenvalue weighted by molar-refractivity contribution is 7.92. The van der Waals surface area contributed by atoms with Crippen LogP contribution < -0.4 is 9.62 Å². The van der Waals surface area contributed by atoms with Gasteiger partial charge in [0.15, 0.2) is 10.9 Å². The van der Waals surface area contributed by atoms with Crippen LogP contribution >= 0.6 is 11.3 Å². The molecule has 2 aromatic heterocycles. The summed E-state index contributed by atoms with van der Waals surface area (Å²) < 4.78 is 28.6. The average Bonchev–Trinajstić information content (AvgIpc) is 3.29. The molecule has 0 aliphatic rings. The van der Waals surface area contributed by atoms with Crippen LogP contribution in [-0.2, 0) is 17.1 Å². The lowest BCUT2D eigenvalue weighted by Gasteiger charge is -2.20. The summed E-state index contributed by atoms with van der Waals surface area (Å²) in [6.07, 6.45) is 1.29. The van der Waals surface area contributed by atoms with Crippen molar-refractivity contribution in [1.29, 1.82) is 0 Å². The molecular weight excluding hydrogens is 452 g/mol. The van der Waals surface area contributed by atoms with Crippen molar-refractivity contribution in [1.82, 2.24) is 19.7 Å². The molecule has 0 spiro atoms. The first kappa shape index (κ1) is 23.4. The Bertz CT molecular complexity index is 1280. The van der Waals surface area contributed by atoms with Crippen LogP contribution in [0.4, 0.5) is 10.9 Å². The van der Waals surface area contributed by atoms with E-state index < -0.39 is 15.9 Å². The molecular formula is C20H24N6O4S2. The number of carbonyl (C=O) groups excluding carboxylic acids is 2. The third-order valence-corrected chi connectivity index (χ3v) is 7.57. The molecule has 10 nitrogen and oxygen atoms in total. The molecule has 32 heavy (non-hydrogen) atoms. The topological polar surface area (TPSA) is 118 Å². The van der Waals surface area contributed by atoms with E-state index >= 15 is 0 Å². The third kappa shape index (κ3) is 4.36. The van der Waals surface area contributed by atoms with Gasteiger partial charge in [0.05, 0.1) is 16.8 Å². The molecule has 3 aromatic rings. The van der Waals surface area contributed by atoms with Gasteiger partial charge in [-0.25, -0.2) is 13.4 Å². The molecule has 170 valence electrons. The molecule has 0 aliphatic heterocycles. The van der Waals surface area contributed by atoms with E-state index in [0.29, 0.717) is 10.6 Å². The summed E-state index contributed by atoms with van der Waals surface area (Å²) >= 11 is 1.05. The van der Waals surface area contributed by atoms with E-state index in [2.05, 4.69) is 15.4 Å². The zero-order valence-electron chi connectivity index (χ0n) is 18.6. The lowest BCUT2D eigenvalue weighted by atomic mass is 10.2. The van der Waals surface area contributed by atoms with Crippen molar-refractivity contribution in [3.05, 3.63) is 52.2 Å². The number of rotatable bonds is 6. The maximum absolute atomic E-state index is 13.1. The van der Waals surface area contributed by atoms with Gasteiger partial charge in [-0.3, -0.25) is 23.9 Å². The zero-order chi connectivity index (χ0) is 23.8. The third-order valence-electron chi connectivity index (χ3n) is 4.75. The zero-order valence-corrected chi connectivity index (χ0v) is 20.2. The van der Waals surface area contributed by atoms with Crippen molar-refractivity contribution in [2.75, 3.05) is 30.8 Å². The van der Waals surface area contributed by atoms with Gasteiger partial charge in [-0.1, -0.05) is 29.0 Å². The summed E-state index contributed by atoms with van der Waals surface area (Å²) in [5.74, 6) is -0.705. The standard InChI is InChI=1S/C20H24N6O4S2/c1-12-7-9-14(10-8-12)32(29,30)26(6)18-15(11-21-25(18)5)17(27)23-20-22-13(2)16(31-20)19(28)24(3)4/h7-11H,1-6H3,(H,22,23,27). The first-order valence-electron chi connectivity index (χ1n) is 9.51. The summed E-state index contributed by atoms with van der Waals surface area (Å²) in [4.78, 5) is 31.4. The Morgan fingerprint density at radius 1 is 1.09 bits per heavy atom. The Labute approximate surface area is 190 Å². The van der Waals surface area contributed by atoms with Crippen LogP contribution in [0.5, 0.6) is 0 Å². The highest BCUT2D eigenvalue weighted by Gasteiger charge is 2.29. The van der Waals surface area contributed by atoms with E-state index in [4.69, 9.17) is 0 Å². The van der Waals surface area contributed by atoms with Crippen molar-refractivity contribution in [2.24, 2.45) is 7.05 Å². The predicted octanol–water partition coefficient (Wildman–Crippen LogP) is 2.27. The molecule has 2 amide bonds. The minimum absolute atomic E-state index is 0.0547. The number of amides is 2. The summed E-state index contributed by atoms with van der Waals surface area (Å²) in [6.45, 7) is 3.54. The fourth-order valence-electron chi connectivity index (χ4n) is 2.96. The maximum atomic E-state index is 13.1. The Kier molecular flexibility index (Phi) is 6.37. The van der Waals surface area contributed by atoms with Gasteiger partial charge in [0, 0.05) is 28.2 Å². The molecule has 0 bridgehead atoms. The SMILES string of the molecule is Cc1ccc(S(=O)(=O)N(C)c2c(C(=O)Nc3nc(C)c(C(=O)N(C)C)s3)cnn2C)cc1. The van der Waals surface area contributed by atoms with Crippen LogP contribution in [0, 0.1) is 13.8 Å². The fourth-order valence-corrected chi connectivity index (χ4v) is 5.19. The fraction of sp³-hybridized carbons (Fsp3) is 0.300. The monoisotopic (exact) mass is 476 g/mol. The number of sulfonamides is 1. The van der Waals surface area contributed by atoms with Gasteiger partial charge in [0.25, 0.3) is 21.8 Å². The van der Waals surface area contributed by atoms with Gasteiger partial charge in [-0.2, -0.15) is 5.10 Å². The molecule has 0 aliphatic carbocycles. The second kappa shape index (κ2) is 8.71. The van der Waals surface area contributed by atoms with E-state index in [-0.39, 0.29) is 27.3 Å². The van der Waals surface area contributed by atoms with Crippen LogP contribution in [-0.4, -0.2) is 61.0 Å². The quantitative estimate of drug-likeness (QED) is 0.583. The number of nitrogens with one attached hydrogen (secondary N) is 1.